The third-order valence-corrected chi connectivity index (χ3v) is 6.93. The van der Waals surface area contributed by atoms with E-state index in [1.165, 1.54) is 19.1 Å². The van der Waals surface area contributed by atoms with Crippen molar-refractivity contribution in [2.45, 2.75) is 33.0 Å². The Morgan fingerprint density at radius 2 is 1.87 bits per heavy atom. The molecule has 45 heavy (non-hydrogen) atoms. The summed E-state index contributed by atoms with van der Waals surface area (Å²) in [5.74, 6) is -0.209. The highest BCUT2D eigenvalue weighted by atomic mass is 19.1. The van der Waals surface area contributed by atoms with E-state index in [-0.39, 0.29) is 36.0 Å². The van der Waals surface area contributed by atoms with E-state index in [0.717, 1.165) is 12.2 Å². The molecule has 0 saturated carbocycles. The Hall–Kier alpha value is -4.78. The number of aromatic nitrogens is 4. The van der Waals surface area contributed by atoms with Gasteiger partial charge in [0.25, 0.3) is 6.01 Å². The van der Waals surface area contributed by atoms with Gasteiger partial charge in [0.05, 0.1) is 35.4 Å². The van der Waals surface area contributed by atoms with E-state index < -0.39 is 12.0 Å². The van der Waals surface area contributed by atoms with Crippen LogP contribution in [0, 0.1) is 5.82 Å². The number of halogens is 2. The third kappa shape index (κ3) is 7.85. The lowest BCUT2D eigenvalue weighted by Gasteiger charge is -2.26. The van der Waals surface area contributed by atoms with E-state index in [1.807, 2.05) is 46.0 Å². The summed E-state index contributed by atoms with van der Waals surface area (Å²) in [6.07, 6.45) is 1.55. The Balaban J connectivity index is 1.72. The predicted octanol–water partition coefficient (Wildman–Crippen LogP) is 5.82. The number of benzene rings is 2. The van der Waals surface area contributed by atoms with E-state index >= 15 is 4.39 Å². The van der Waals surface area contributed by atoms with Crippen molar-refractivity contribution in [3.63, 3.8) is 0 Å². The molecule has 11 nitrogen and oxygen atoms in total. The van der Waals surface area contributed by atoms with Crippen molar-refractivity contribution >= 4 is 40.0 Å². The molecule has 13 heteroatoms. The fourth-order valence-corrected chi connectivity index (χ4v) is 4.68. The summed E-state index contributed by atoms with van der Waals surface area (Å²) in [5, 5.41) is 6.05. The lowest BCUT2D eigenvalue weighted by atomic mass is 10.1. The van der Waals surface area contributed by atoms with Crippen molar-refractivity contribution in [3.8, 4) is 23.0 Å². The second-order valence-corrected chi connectivity index (χ2v) is 11.2. The molecule has 0 saturated heterocycles. The highest BCUT2D eigenvalue weighted by Crippen LogP contribution is 2.38. The molecule has 0 spiro atoms. The number of alkyl halides is 1. The van der Waals surface area contributed by atoms with E-state index in [9.17, 15) is 9.18 Å². The maximum Gasteiger partial charge on any atom is 0.297 e. The Morgan fingerprint density at radius 3 is 2.51 bits per heavy atom. The zero-order valence-corrected chi connectivity index (χ0v) is 26.7. The van der Waals surface area contributed by atoms with Crippen LogP contribution in [0.1, 0.15) is 26.8 Å². The van der Waals surface area contributed by atoms with Crippen LogP contribution in [0.4, 0.5) is 31.8 Å². The van der Waals surface area contributed by atoms with Gasteiger partial charge in [-0.2, -0.15) is 4.98 Å². The quantitative estimate of drug-likeness (QED) is 0.168. The van der Waals surface area contributed by atoms with Crippen LogP contribution in [0.25, 0.3) is 22.3 Å². The molecule has 1 atom stereocenters. The topological polar surface area (TPSA) is 110 Å². The number of anilines is 4. The minimum atomic E-state index is -1.20. The molecule has 0 fully saturated rings. The van der Waals surface area contributed by atoms with Gasteiger partial charge in [-0.05, 0) is 65.2 Å². The van der Waals surface area contributed by atoms with Crippen molar-refractivity contribution in [2.75, 3.05) is 63.5 Å². The van der Waals surface area contributed by atoms with E-state index in [1.54, 1.807) is 36.1 Å². The van der Waals surface area contributed by atoms with E-state index in [4.69, 9.17) is 9.47 Å². The molecule has 240 valence electrons. The fourth-order valence-electron chi connectivity index (χ4n) is 4.68. The minimum absolute atomic E-state index is 0.121. The molecule has 0 aliphatic rings. The molecule has 0 bridgehead atoms. The van der Waals surface area contributed by atoms with Crippen molar-refractivity contribution in [1.82, 2.24) is 24.4 Å². The van der Waals surface area contributed by atoms with Crippen molar-refractivity contribution in [3.05, 3.63) is 55.0 Å². The molecule has 0 aliphatic carbocycles. The van der Waals surface area contributed by atoms with Gasteiger partial charge in [-0.15, -0.1) is 0 Å². The number of hydrogen-bond donors (Lipinski definition) is 2. The van der Waals surface area contributed by atoms with Gasteiger partial charge in [-0.25, -0.2) is 18.7 Å². The number of nitrogens with zero attached hydrogens (tertiary/aromatic N) is 6. The fraction of sp³-hybridized carbons (Fsp3) is 0.375. The summed E-state index contributed by atoms with van der Waals surface area (Å²) in [4.78, 5) is 29.7. The van der Waals surface area contributed by atoms with Gasteiger partial charge < -0.3 is 29.9 Å². The second-order valence-electron chi connectivity index (χ2n) is 11.2. The van der Waals surface area contributed by atoms with Gasteiger partial charge in [0.1, 0.15) is 24.0 Å². The third-order valence-electron chi connectivity index (χ3n) is 6.93. The van der Waals surface area contributed by atoms with Crippen LogP contribution in [0.15, 0.2) is 49.2 Å². The Bertz CT molecular complexity index is 1670. The number of ether oxygens (including phenoxy) is 2. The molecule has 4 rings (SSSR count). The maximum atomic E-state index is 15.4. The van der Waals surface area contributed by atoms with Crippen LogP contribution < -0.4 is 25.0 Å². The van der Waals surface area contributed by atoms with Crippen LogP contribution in [-0.4, -0.2) is 84.4 Å². The molecule has 2 heterocycles. The highest BCUT2D eigenvalue weighted by Gasteiger charge is 2.21. The lowest BCUT2D eigenvalue weighted by Crippen LogP contribution is -2.29. The van der Waals surface area contributed by atoms with Crippen LogP contribution in [0.3, 0.4) is 0 Å². The molecule has 1 unspecified atom stereocenters. The molecule has 2 aromatic carbocycles. The first kappa shape index (κ1) is 33.1. The number of carbonyl (C=O) groups is 1. The van der Waals surface area contributed by atoms with Crippen LogP contribution in [0.2, 0.25) is 0 Å². The van der Waals surface area contributed by atoms with Crippen LogP contribution >= 0.6 is 0 Å². The van der Waals surface area contributed by atoms with E-state index in [2.05, 4.69) is 37.1 Å². The summed E-state index contributed by atoms with van der Waals surface area (Å²) in [7, 11) is 7.45. The van der Waals surface area contributed by atoms with Gasteiger partial charge >= 0.3 is 0 Å². The zero-order valence-electron chi connectivity index (χ0n) is 26.7. The van der Waals surface area contributed by atoms with Gasteiger partial charge in [0.15, 0.2) is 5.82 Å². The largest absolute Gasteiger partial charge is 0.494 e. The maximum absolute atomic E-state index is 15.4. The summed E-state index contributed by atoms with van der Waals surface area (Å²) in [6.45, 7) is 10.1. The highest BCUT2D eigenvalue weighted by molar-refractivity contribution is 6.02. The molecule has 4 aromatic rings. The zero-order chi connectivity index (χ0) is 32.8. The Morgan fingerprint density at radius 1 is 1.11 bits per heavy atom. The van der Waals surface area contributed by atoms with Crippen molar-refractivity contribution in [1.29, 1.82) is 0 Å². The Kier molecular flexibility index (Phi) is 10.6. The van der Waals surface area contributed by atoms with Crippen LogP contribution in [-0.2, 0) is 4.79 Å². The summed E-state index contributed by atoms with van der Waals surface area (Å²) < 4.78 is 41.9. The normalized spacial score (nSPS) is 12.0. The number of imidazole rings is 1. The second kappa shape index (κ2) is 14.3. The average molecular weight is 623 g/mol. The smallest absolute Gasteiger partial charge is 0.297 e. The van der Waals surface area contributed by atoms with Gasteiger partial charge in [-0.1, -0.05) is 6.58 Å². The number of likely N-dealkylation sites (N-methyl/N-ethyl adjacent to an activating group) is 2. The summed E-state index contributed by atoms with van der Waals surface area (Å²) in [6, 6.07) is 8.35. The number of amides is 1. The van der Waals surface area contributed by atoms with Crippen molar-refractivity contribution < 1.29 is 23.0 Å². The molecular formula is C32H40F2N8O3. The average Bonchev–Trinajstić information content (AvgIpc) is 3.38. The number of carbonyl (C=O) groups excluding carboxylic acids is 1. The number of hydrogen-bond acceptors (Lipinski definition) is 9. The Labute approximate surface area is 261 Å². The number of rotatable bonds is 14. The summed E-state index contributed by atoms with van der Waals surface area (Å²) >= 11 is 0. The van der Waals surface area contributed by atoms with Crippen molar-refractivity contribution in [2.24, 2.45) is 0 Å². The lowest BCUT2D eigenvalue weighted by molar-refractivity contribution is -0.111. The first-order valence-corrected chi connectivity index (χ1v) is 14.5. The predicted molar refractivity (Wildman–Crippen MR) is 174 cm³/mol. The van der Waals surface area contributed by atoms with Gasteiger partial charge in [0.2, 0.25) is 11.9 Å². The molecule has 2 aromatic heterocycles. The minimum Gasteiger partial charge on any atom is -0.494 e. The summed E-state index contributed by atoms with van der Waals surface area (Å²) in [5.41, 5.74) is 3.34. The number of fused-ring (bicyclic) bond motifs is 1. The number of nitrogens with one attached hydrogen (secondary N) is 2. The molecule has 0 aliphatic heterocycles. The first-order valence-electron chi connectivity index (χ1n) is 14.5. The van der Waals surface area contributed by atoms with E-state index in [0.29, 0.717) is 40.4 Å². The van der Waals surface area contributed by atoms with Gasteiger partial charge in [0, 0.05) is 44.0 Å². The standard InChI is InChI=1S/C32H40F2N8O3/c1-9-29(43)36-24-16-25(28(44-8)17-26(24)41(7)13-12-40(5)6)38-31-35-11-10-23(37-31)21-14-22(34)30-27(15-21)42(19(2)3)32(39-30)45-18-20(4)33/h9-11,14-17,19-20H,1,12-13,18H2,2-8H3,(H,36,43)(H,35,37,38). The van der Waals surface area contributed by atoms with Gasteiger partial charge in [-0.3, -0.25) is 9.36 Å². The monoisotopic (exact) mass is 622 g/mol. The molecule has 0 radical (unpaired) electrons. The SMILES string of the molecule is C=CC(=O)Nc1cc(Nc2nccc(-c3cc(F)c4nc(OCC(C)F)n(C(C)C)c4c3)n2)c(OC)cc1N(C)CCN(C)C. The number of methoxy groups -OCH3 is 1. The molecular weight excluding hydrogens is 582 g/mol. The molecule has 1 amide bonds. The van der Waals surface area contributed by atoms with Crippen LogP contribution in [0.5, 0.6) is 11.8 Å². The molecule has 2 N–H and O–H groups in total. The first-order chi connectivity index (χ1) is 21.4.